The van der Waals surface area contributed by atoms with Gasteiger partial charge in [0, 0.05) is 13.6 Å². The van der Waals surface area contributed by atoms with Crippen molar-refractivity contribution < 1.29 is 9.59 Å². The topological polar surface area (TPSA) is 49.4 Å². The van der Waals surface area contributed by atoms with Gasteiger partial charge in [-0.1, -0.05) is 42.5 Å². The van der Waals surface area contributed by atoms with Crippen LogP contribution in [0.4, 0.5) is 0 Å². The van der Waals surface area contributed by atoms with E-state index in [1.165, 1.54) is 11.1 Å². The zero-order chi connectivity index (χ0) is 19.3. The van der Waals surface area contributed by atoms with E-state index in [4.69, 9.17) is 0 Å². The van der Waals surface area contributed by atoms with Crippen LogP contribution in [0, 0.1) is 20.8 Å². The van der Waals surface area contributed by atoms with Crippen LogP contribution in [-0.4, -0.2) is 29.8 Å². The van der Waals surface area contributed by atoms with Gasteiger partial charge in [-0.3, -0.25) is 9.59 Å². The maximum absolute atomic E-state index is 13.0. The molecule has 0 aliphatic heterocycles. The molecule has 2 aromatic carbocycles. The van der Waals surface area contributed by atoms with Gasteiger partial charge in [0.15, 0.2) is 0 Å². The summed E-state index contributed by atoms with van der Waals surface area (Å²) in [6.45, 7) is 8.31. The molecular weight excluding hydrogens is 324 g/mol. The second-order valence-corrected chi connectivity index (χ2v) is 6.83. The Morgan fingerprint density at radius 3 is 2.31 bits per heavy atom. The van der Waals surface area contributed by atoms with Crippen molar-refractivity contribution in [2.75, 3.05) is 7.05 Å². The summed E-state index contributed by atoms with van der Waals surface area (Å²) >= 11 is 0. The maximum Gasteiger partial charge on any atom is 0.242 e. The highest BCUT2D eigenvalue weighted by molar-refractivity contribution is 5.88. The van der Waals surface area contributed by atoms with E-state index in [1.54, 1.807) is 18.9 Å². The van der Waals surface area contributed by atoms with Crippen LogP contribution in [0.5, 0.6) is 0 Å². The highest BCUT2D eigenvalue weighted by Crippen LogP contribution is 2.16. The molecule has 0 bridgehead atoms. The molecule has 2 amide bonds. The Bertz CT molecular complexity index is 798. The summed E-state index contributed by atoms with van der Waals surface area (Å²) < 4.78 is 0. The van der Waals surface area contributed by atoms with Crippen molar-refractivity contribution in [2.45, 2.75) is 46.7 Å². The van der Waals surface area contributed by atoms with Crippen molar-refractivity contribution in [3.63, 3.8) is 0 Å². The van der Waals surface area contributed by atoms with Crippen molar-refractivity contribution in [3.05, 3.63) is 70.3 Å². The number of hydrogen-bond donors (Lipinski definition) is 1. The number of benzene rings is 2. The van der Waals surface area contributed by atoms with Crippen molar-refractivity contribution in [1.29, 1.82) is 0 Å². The number of nitrogens with one attached hydrogen (secondary N) is 1. The zero-order valence-electron chi connectivity index (χ0n) is 16.3. The average Bonchev–Trinajstić information content (AvgIpc) is 2.62. The summed E-state index contributed by atoms with van der Waals surface area (Å²) in [6.07, 6.45) is 0.286. The van der Waals surface area contributed by atoms with Crippen LogP contribution in [0.2, 0.25) is 0 Å². The van der Waals surface area contributed by atoms with E-state index >= 15 is 0 Å². The first kappa shape index (κ1) is 19.7. The monoisotopic (exact) mass is 352 g/mol. The van der Waals surface area contributed by atoms with E-state index in [-0.39, 0.29) is 18.2 Å². The molecule has 1 atom stereocenters. The number of aryl methyl sites for hydroxylation is 3. The van der Waals surface area contributed by atoms with Gasteiger partial charge in [-0.05, 0) is 55.5 Å². The lowest BCUT2D eigenvalue weighted by atomic mass is 10.0. The molecule has 0 fully saturated rings. The second-order valence-electron chi connectivity index (χ2n) is 6.83. The minimum Gasteiger partial charge on any atom is -0.357 e. The number of hydrogen-bond acceptors (Lipinski definition) is 2. The fourth-order valence-electron chi connectivity index (χ4n) is 2.95. The van der Waals surface area contributed by atoms with E-state index in [0.717, 1.165) is 16.7 Å². The van der Waals surface area contributed by atoms with Crippen LogP contribution >= 0.6 is 0 Å². The molecule has 26 heavy (non-hydrogen) atoms. The van der Waals surface area contributed by atoms with Crippen LogP contribution in [0.1, 0.15) is 34.7 Å². The van der Waals surface area contributed by atoms with Gasteiger partial charge >= 0.3 is 0 Å². The molecule has 2 aromatic rings. The van der Waals surface area contributed by atoms with Gasteiger partial charge in [0.2, 0.25) is 11.8 Å². The molecule has 0 heterocycles. The molecule has 4 heteroatoms. The quantitative estimate of drug-likeness (QED) is 0.867. The third kappa shape index (κ3) is 4.72. The molecule has 1 unspecified atom stereocenters. The number of rotatable bonds is 6. The SMILES string of the molecule is CNC(=O)C(C)N(Cc1ccccc1C)C(=O)Cc1ccc(C)c(C)c1. The fraction of sp³-hybridized carbons (Fsp3) is 0.364. The molecule has 0 radical (unpaired) electrons. The van der Waals surface area contributed by atoms with E-state index in [0.29, 0.717) is 6.54 Å². The van der Waals surface area contributed by atoms with Gasteiger partial charge in [-0.15, -0.1) is 0 Å². The standard InChI is InChI=1S/C22H28N2O2/c1-15-10-11-19(12-17(15)3)13-21(25)24(18(4)22(26)23-5)14-20-9-7-6-8-16(20)2/h6-12,18H,13-14H2,1-5H3,(H,23,26). The number of likely N-dealkylation sites (N-methyl/N-ethyl adjacent to an activating group) is 1. The summed E-state index contributed by atoms with van der Waals surface area (Å²) in [7, 11) is 1.60. The Balaban J connectivity index is 2.26. The smallest absolute Gasteiger partial charge is 0.242 e. The molecule has 138 valence electrons. The molecule has 0 aliphatic rings. The Labute approximate surface area is 156 Å². The molecule has 0 aliphatic carbocycles. The average molecular weight is 352 g/mol. The molecular formula is C22H28N2O2. The molecule has 1 N–H and O–H groups in total. The Morgan fingerprint density at radius 2 is 1.69 bits per heavy atom. The molecule has 0 spiro atoms. The van der Waals surface area contributed by atoms with Crippen molar-refractivity contribution in [3.8, 4) is 0 Å². The van der Waals surface area contributed by atoms with Crippen molar-refractivity contribution in [1.82, 2.24) is 10.2 Å². The number of carbonyl (C=O) groups excluding carboxylic acids is 2. The third-order valence-corrected chi connectivity index (χ3v) is 4.94. The predicted octanol–water partition coefficient (Wildman–Crippen LogP) is 3.32. The summed E-state index contributed by atoms with van der Waals surface area (Å²) in [5, 5.41) is 2.65. The minimum atomic E-state index is -0.529. The molecule has 0 aromatic heterocycles. The Hall–Kier alpha value is -2.62. The normalized spacial score (nSPS) is 11.7. The van der Waals surface area contributed by atoms with Gasteiger partial charge in [-0.2, -0.15) is 0 Å². The number of carbonyl (C=O) groups is 2. The summed E-state index contributed by atoms with van der Waals surface area (Å²) in [5.41, 5.74) is 5.51. The largest absolute Gasteiger partial charge is 0.357 e. The van der Waals surface area contributed by atoms with E-state index in [1.807, 2.05) is 56.3 Å². The number of nitrogens with zero attached hydrogens (tertiary/aromatic N) is 1. The van der Waals surface area contributed by atoms with Crippen LogP contribution in [0.25, 0.3) is 0 Å². The second kappa shape index (κ2) is 8.65. The van der Waals surface area contributed by atoms with E-state index < -0.39 is 6.04 Å². The van der Waals surface area contributed by atoms with Gasteiger partial charge < -0.3 is 10.2 Å². The molecule has 4 nitrogen and oxygen atoms in total. The number of amides is 2. The van der Waals surface area contributed by atoms with Crippen LogP contribution in [0.15, 0.2) is 42.5 Å². The van der Waals surface area contributed by atoms with Crippen molar-refractivity contribution in [2.24, 2.45) is 0 Å². The van der Waals surface area contributed by atoms with Crippen LogP contribution in [0.3, 0.4) is 0 Å². The Kier molecular flexibility index (Phi) is 6.56. The van der Waals surface area contributed by atoms with E-state index in [2.05, 4.69) is 12.2 Å². The summed E-state index contributed by atoms with van der Waals surface area (Å²) in [6, 6.07) is 13.5. The molecule has 0 saturated heterocycles. The highest BCUT2D eigenvalue weighted by atomic mass is 16.2. The van der Waals surface area contributed by atoms with Crippen molar-refractivity contribution >= 4 is 11.8 Å². The van der Waals surface area contributed by atoms with Crippen LogP contribution in [-0.2, 0) is 22.6 Å². The van der Waals surface area contributed by atoms with Gasteiger partial charge in [0.1, 0.15) is 6.04 Å². The lowest BCUT2D eigenvalue weighted by molar-refractivity contribution is -0.139. The first-order valence-electron chi connectivity index (χ1n) is 8.95. The molecule has 0 saturated carbocycles. The van der Waals surface area contributed by atoms with Crippen LogP contribution < -0.4 is 5.32 Å². The predicted molar refractivity (Wildman–Crippen MR) is 105 cm³/mol. The first-order chi connectivity index (χ1) is 12.3. The van der Waals surface area contributed by atoms with E-state index in [9.17, 15) is 9.59 Å². The summed E-state index contributed by atoms with van der Waals surface area (Å²) in [4.78, 5) is 26.9. The summed E-state index contributed by atoms with van der Waals surface area (Å²) in [5.74, 6) is -0.209. The lowest BCUT2D eigenvalue weighted by Gasteiger charge is -2.29. The molecule has 2 rings (SSSR count). The highest BCUT2D eigenvalue weighted by Gasteiger charge is 2.25. The zero-order valence-corrected chi connectivity index (χ0v) is 16.3. The lowest BCUT2D eigenvalue weighted by Crippen LogP contribution is -2.47. The fourth-order valence-corrected chi connectivity index (χ4v) is 2.95. The van der Waals surface area contributed by atoms with Gasteiger partial charge in [0.25, 0.3) is 0 Å². The maximum atomic E-state index is 13.0. The third-order valence-electron chi connectivity index (χ3n) is 4.94. The first-order valence-corrected chi connectivity index (χ1v) is 8.95. The Morgan fingerprint density at radius 1 is 1.00 bits per heavy atom. The van der Waals surface area contributed by atoms with Gasteiger partial charge in [-0.25, -0.2) is 0 Å². The minimum absolute atomic E-state index is 0.0485. The van der Waals surface area contributed by atoms with Gasteiger partial charge in [0.05, 0.1) is 6.42 Å².